The summed E-state index contributed by atoms with van der Waals surface area (Å²) < 4.78 is 11.3. The van der Waals surface area contributed by atoms with E-state index in [-0.39, 0.29) is 17.7 Å². The van der Waals surface area contributed by atoms with Gasteiger partial charge in [-0.2, -0.15) is 0 Å². The summed E-state index contributed by atoms with van der Waals surface area (Å²) in [5.41, 5.74) is 5.47. The Balaban J connectivity index is 3.66. The lowest BCUT2D eigenvalue weighted by atomic mass is 10.2. The Bertz CT molecular complexity index is 205. The highest BCUT2D eigenvalue weighted by molar-refractivity contribution is 7.85. The number of hydrogen-bond acceptors (Lipinski definition) is 3. The molecule has 0 bridgehead atoms. The van der Waals surface area contributed by atoms with Crippen LogP contribution in [0.4, 0.5) is 0 Å². The van der Waals surface area contributed by atoms with Gasteiger partial charge in [0.15, 0.2) is 0 Å². The van der Waals surface area contributed by atoms with Crippen molar-refractivity contribution in [1.29, 1.82) is 0 Å². The molecule has 0 heterocycles. The van der Waals surface area contributed by atoms with Crippen LogP contribution >= 0.6 is 0 Å². The summed E-state index contributed by atoms with van der Waals surface area (Å²) in [5, 5.41) is 2.71. The molecule has 0 aliphatic rings. The Morgan fingerprint density at radius 2 is 2.00 bits per heavy atom. The van der Waals surface area contributed by atoms with Crippen molar-refractivity contribution >= 4 is 16.7 Å². The maximum atomic E-state index is 11.3. The minimum Gasteiger partial charge on any atom is -0.355 e. The molecule has 0 aromatic heterocycles. The minimum atomic E-state index is -1.13. The molecule has 4 nitrogen and oxygen atoms in total. The van der Waals surface area contributed by atoms with Crippen LogP contribution in [0, 0.1) is 5.92 Å². The van der Waals surface area contributed by atoms with E-state index >= 15 is 0 Å². The lowest BCUT2D eigenvalue weighted by Gasteiger charge is -2.08. The molecule has 5 heteroatoms. The van der Waals surface area contributed by atoms with Gasteiger partial charge in [0, 0.05) is 29.1 Å². The molecule has 2 unspecified atom stereocenters. The second kappa shape index (κ2) is 6.95. The van der Waals surface area contributed by atoms with Crippen molar-refractivity contribution in [2.75, 3.05) is 18.1 Å². The van der Waals surface area contributed by atoms with Gasteiger partial charge in [0.2, 0.25) is 5.91 Å². The van der Waals surface area contributed by atoms with E-state index in [1.165, 1.54) is 0 Å². The zero-order valence-corrected chi connectivity index (χ0v) is 9.89. The molecule has 0 rings (SSSR count). The van der Waals surface area contributed by atoms with Crippen molar-refractivity contribution in [2.24, 2.45) is 11.7 Å². The number of nitrogens with two attached hydrogens (primary N) is 1. The van der Waals surface area contributed by atoms with Gasteiger partial charge in [0.05, 0.1) is 0 Å². The smallest absolute Gasteiger partial charge is 0.232 e. The van der Waals surface area contributed by atoms with Gasteiger partial charge in [-0.1, -0.05) is 13.8 Å². The highest BCUT2D eigenvalue weighted by Crippen LogP contribution is 1.89. The van der Waals surface area contributed by atoms with Gasteiger partial charge in [0.25, 0.3) is 0 Å². The predicted octanol–water partition coefficient (Wildman–Crippen LogP) is -0.145. The van der Waals surface area contributed by atoms with Crippen molar-refractivity contribution in [3.8, 4) is 0 Å². The normalized spacial score (nSPS) is 15.2. The number of carbonyl (C=O) groups excluding carboxylic acids is 1. The summed E-state index contributed by atoms with van der Waals surface area (Å²) >= 11 is 0. The van der Waals surface area contributed by atoms with Crippen LogP contribution < -0.4 is 11.1 Å². The molecule has 0 spiro atoms. The molecule has 14 heavy (non-hydrogen) atoms. The fourth-order valence-electron chi connectivity index (χ4n) is 0.867. The maximum Gasteiger partial charge on any atom is 0.232 e. The third-order valence-electron chi connectivity index (χ3n) is 1.45. The van der Waals surface area contributed by atoms with E-state index in [1.54, 1.807) is 6.92 Å². The van der Waals surface area contributed by atoms with Gasteiger partial charge in [0.1, 0.15) is 5.75 Å². The van der Waals surface area contributed by atoms with Crippen LogP contribution in [0.5, 0.6) is 0 Å². The summed E-state index contributed by atoms with van der Waals surface area (Å²) in [4.78, 5) is 11.2. The fourth-order valence-corrected chi connectivity index (χ4v) is 1.97. The van der Waals surface area contributed by atoms with E-state index in [2.05, 4.69) is 5.32 Å². The van der Waals surface area contributed by atoms with Gasteiger partial charge >= 0.3 is 0 Å². The molecule has 0 saturated carbocycles. The predicted molar refractivity (Wildman–Crippen MR) is 59.4 cm³/mol. The molecular formula is C9H20N2O2S. The molecule has 1 amide bonds. The maximum absolute atomic E-state index is 11.3. The average molecular weight is 220 g/mol. The molecule has 84 valence electrons. The lowest BCUT2D eigenvalue weighted by molar-refractivity contribution is -0.118. The first kappa shape index (κ1) is 13.6. The third kappa shape index (κ3) is 8.19. The molecular weight excluding hydrogens is 200 g/mol. The SMILES string of the molecule is CC(C)CNC(=O)CS(=O)CC(C)N. The summed E-state index contributed by atoms with van der Waals surface area (Å²) in [5.74, 6) is 0.710. The largest absolute Gasteiger partial charge is 0.355 e. The van der Waals surface area contributed by atoms with Crippen LogP contribution in [0.2, 0.25) is 0 Å². The molecule has 3 N–H and O–H groups in total. The van der Waals surface area contributed by atoms with Crippen molar-refractivity contribution < 1.29 is 9.00 Å². The Hall–Kier alpha value is -0.420. The van der Waals surface area contributed by atoms with Crippen molar-refractivity contribution in [1.82, 2.24) is 5.32 Å². The van der Waals surface area contributed by atoms with E-state index < -0.39 is 10.8 Å². The molecule has 0 saturated heterocycles. The second-order valence-corrected chi connectivity index (χ2v) is 5.43. The highest BCUT2D eigenvalue weighted by atomic mass is 32.2. The molecule has 0 aromatic carbocycles. The standard InChI is InChI=1S/C9H20N2O2S/c1-7(2)4-11-9(12)6-14(13)5-8(3)10/h7-8H,4-6,10H2,1-3H3,(H,11,12). The zero-order valence-electron chi connectivity index (χ0n) is 9.08. The number of amides is 1. The first-order valence-corrected chi connectivity index (χ1v) is 6.28. The van der Waals surface area contributed by atoms with Crippen LogP contribution in [-0.4, -0.2) is 34.2 Å². The van der Waals surface area contributed by atoms with Crippen molar-refractivity contribution in [3.63, 3.8) is 0 Å². The third-order valence-corrected chi connectivity index (χ3v) is 2.93. The summed E-state index contributed by atoms with van der Waals surface area (Å²) in [6.07, 6.45) is 0. The summed E-state index contributed by atoms with van der Waals surface area (Å²) in [6, 6.07) is -0.117. The molecule has 0 aromatic rings. The monoisotopic (exact) mass is 220 g/mol. The van der Waals surface area contributed by atoms with E-state index in [1.807, 2.05) is 13.8 Å². The van der Waals surface area contributed by atoms with Crippen LogP contribution in [0.25, 0.3) is 0 Å². The summed E-state index contributed by atoms with van der Waals surface area (Å²) in [7, 11) is -1.13. The summed E-state index contributed by atoms with van der Waals surface area (Å²) in [6.45, 7) is 6.44. The Labute approximate surface area is 88.1 Å². The zero-order chi connectivity index (χ0) is 11.1. The van der Waals surface area contributed by atoms with E-state index in [4.69, 9.17) is 5.73 Å². The van der Waals surface area contributed by atoms with Crippen molar-refractivity contribution in [2.45, 2.75) is 26.8 Å². The number of carbonyl (C=O) groups is 1. The molecule has 0 aliphatic carbocycles. The Kier molecular flexibility index (Phi) is 6.74. The first-order chi connectivity index (χ1) is 6.41. The average Bonchev–Trinajstić information content (AvgIpc) is 1.98. The van der Waals surface area contributed by atoms with E-state index in [0.29, 0.717) is 18.2 Å². The van der Waals surface area contributed by atoms with Gasteiger partial charge < -0.3 is 11.1 Å². The van der Waals surface area contributed by atoms with Gasteiger partial charge in [-0.25, -0.2) is 0 Å². The number of nitrogens with one attached hydrogen (secondary N) is 1. The fraction of sp³-hybridized carbons (Fsp3) is 0.889. The minimum absolute atomic E-state index is 0.0637. The second-order valence-electron chi connectivity index (χ2n) is 3.93. The molecule has 0 fully saturated rings. The van der Waals surface area contributed by atoms with Crippen molar-refractivity contribution in [3.05, 3.63) is 0 Å². The molecule has 0 radical (unpaired) electrons. The lowest BCUT2D eigenvalue weighted by Crippen LogP contribution is -2.34. The Morgan fingerprint density at radius 3 is 2.43 bits per heavy atom. The number of hydrogen-bond donors (Lipinski definition) is 2. The quantitative estimate of drug-likeness (QED) is 0.654. The first-order valence-electron chi connectivity index (χ1n) is 4.79. The van der Waals surface area contributed by atoms with Crippen LogP contribution in [-0.2, 0) is 15.6 Å². The van der Waals surface area contributed by atoms with Gasteiger partial charge in [-0.05, 0) is 12.8 Å². The van der Waals surface area contributed by atoms with Gasteiger partial charge in [-0.15, -0.1) is 0 Å². The van der Waals surface area contributed by atoms with Crippen LogP contribution in [0.15, 0.2) is 0 Å². The highest BCUT2D eigenvalue weighted by Gasteiger charge is 2.09. The van der Waals surface area contributed by atoms with Crippen LogP contribution in [0.3, 0.4) is 0 Å². The number of rotatable bonds is 6. The van der Waals surface area contributed by atoms with E-state index in [0.717, 1.165) is 0 Å². The topological polar surface area (TPSA) is 72.2 Å². The van der Waals surface area contributed by atoms with Gasteiger partial charge in [-0.3, -0.25) is 9.00 Å². The van der Waals surface area contributed by atoms with Crippen LogP contribution in [0.1, 0.15) is 20.8 Å². The Morgan fingerprint density at radius 1 is 1.43 bits per heavy atom. The molecule has 0 aliphatic heterocycles. The molecule has 2 atom stereocenters. The van der Waals surface area contributed by atoms with E-state index in [9.17, 15) is 9.00 Å².